The third-order valence-corrected chi connectivity index (χ3v) is 3.56. The molecule has 1 aliphatic heterocycles. The lowest BCUT2D eigenvalue weighted by Crippen LogP contribution is -2.14. The highest BCUT2D eigenvalue weighted by molar-refractivity contribution is 5.86. The van der Waals surface area contributed by atoms with Gasteiger partial charge in [0.15, 0.2) is 11.5 Å². The summed E-state index contributed by atoms with van der Waals surface area (Å²) in [6.07, 6.45) is 1.78. The minimum absolute atomic E-state index is 0.251. The van der Waals surface area contributed by atoms with Crippen molar-refractivity contribution in [2.75, 3.05) is 26.8 Å². The molecule has 0 saturated heterocycles. The van der Waals surface area contributed by atoms with E-state index in [0.29, 0.717) is 19.8 Å². The molecule has 5 heteroatoms. The number of nitrogens with two attached hydrogens (primary N) is 1. The fourth-order valence-corrected chi connectivity index (χ4v) is 2.62. The summed E-state index contributed by atoms with van der Waals surface area (Å²) in [6.45, 7) is 5.85. The highest BCUT2D eigenvalue weighted by Gasteiger charge is 2.25. The Kier molecular flexibility index (Phi) is 5.44. The smallest absolute Gasteiger partial charge is 0.161 e. The molecule has 0 bridgehead atoms. The van der Waals surface area contributed by atoms with E-state index in [9.17, 15) is 0 Å². The minimum Gasteiger partial charge on any atom is -0.490 e. The maximum atomic E-state index is 5.70. The fourth-order valence-electron chi connectivity index (χ4n) is 2.62. The van der Waals surface area contributed by atoms with E-state index in [4.69, 9.17) is 15.2 Å². The van der Waals surface area contributed by atoms with Crippen molar-refractivity contribution in [3.63, 3.8) is 0 Å². The number of hydrazone groups is 1. The van der Waals surface area contributed by atoms with Crippen LogP contribution in [-0.4, -0.2) is 37.5 Å². The highest BCUT2D eigenvalue weighted by atomic mass is 16.5. The Balaban J connectivity index is 2.19. The molecule has 1 atom stereocenters. The van der Waals surface area contributed by atoms with Crippen molar-refractivity contribution in [1.29, 1.82) is 0 Å². The third kappa shape index (κ3) is 3.67. The third-order valence-electron chi connectivity index (χ3n) is 3.56. The van der Waals surface area contributed by atoms with Gasteiger partial charge in [0, 0.05) is 19.2 Å². The zero-order valence-corrected chi connectivity index (χ0v) is 13.1. The molecule has 0 fully saturated rings. The lowest BCUT2D eigenvalue weighted by Gasteiger charge is -2.21. The van der Waals surface area contributed by atoms with Crippen molar-refractivity contribution in [1.82, 2.24) is 5.01 Å². The summed E-state index contributed by atoms with van der Waals surface area (Å²) in [5, 5.41) is 6.58. The van der Waals surface area contributed by atoms with Crippen LogP contribution in [0.3, 0.4) is 0 Å². The first-order valence-electron chi connectivity index (χ1n) is 7.58. The van der Waals surface area contributed by atoms with Crippen LogP contribution >= 0.6 is 0 Å². The SMILES string of the molecule is CCOc1ccc(C2CC(CCN)=NN2C)cc1OCC. The van der Waals surface area contributed by atoms with Crippen LogP contribution in [0.5, 0.6) is 11.5 Å². The zero-order chi connectivity index (χ0) is 15.2. The molecule has 2 N–H and O–H groups in total. The van der Waals surface area contributed by atoms with E-state index in [2.05, 4.69) is 17.2 Å². The lowest BCUT2D eigenvalue weighted by molar-refractivity contribution is 0.277. The zero-order valence-electron chi connectivity index (χ0n) is 13.1. The highest BCUT2D eigenvalue weighted by Crippen LogP contribution is 2.36. The molecule has 1 aromatic carbocycles. The van der Waals surface area contributed by atoms with E-state index in [-0.39, 0.29) is 6.04 Å². The molecule has 0 saturated carbocycles. The molecule has 1 aromatic rings. The summed E-state index contributed by atoms with van der Waals surface area (Å²) in [4.78, 5) is 0. The molecular formula is C16H25N3O2. The van der Waals surface area contributed by atoms with Crippen LogP contribution in [0.1, 0.15) is 38.3 Å². The maximum Gasteiger partial charge on any atom is 0.161 e. The van der Waals surface area contributed by atoms with E-state index < -0.39 is 0 Å². The monoisotopic (exact) mass is 291 g/mol. The summed E-state index contributed by atoms with van der Waals surface area (Å²) in [7, 11) is 2.00. The standard InChI is InChI=1S/C16H25N3O2/c1-4-20-15-7-6-12(10-16(15)21-5-2)14-11-13(8-9-17)18-19(14)3/h6-7,10,14H,4-5,8-9,11,17H2,1-3H3. The number of benzene rings is 1. The first-order valence-corrected chi connectivity index (χ1v) is 7.58. The minimum atomic E-state index is 0.251. The normalized spacial score (nSPS) is 17.8. The van der Waals surface area contributed by atoms with Gasteiger partial charge in [0.05, 0.1) is 19.3 Å². The number of rotatable bonds is 7. The van der Waals surface area contributed by atoms with Crippen molar-refractivity contribution in [2.24, 2.45) is 10.8 Å². The van der Waals surface area contributed by atoms with Crippen LogP contribution in [0, 0.1) is 0 Å². The summed E-state index contributed by atoms with van der Waals surface area (Å²) >= 11 is 0. The van der Waals surface area contributed by atoms with E-state index >= 15 is 0 Å². The second-order valence-corrected chi connectivity index (χ2v) is 5.07. The van der Waals surface area contributed by atoms with Gasteiger partial charge >= 0.3 is 0 Å². The van der Waals surface area contributed by atoms with E-state index in [1.807, 2.05) is 32.0 Å². The molecule has 21 heavy (non-hydrogen) atoms. The summed E-state index contributed by atoms with van der Waals surface area (Å²) < 4.78 is 11.3. The van der Waals surface area contributed by atoms with Gasteiger partial charge in [0.1, 0.15) is 0 Å². The van der Waals surface area contributed by atoms with Gasteiger partial charge < -0.3 is 15.2 Å². The van der Waals surface area contributed by atoms with Gasteiger partial charge in [-0.15, -0.1) is 0 Å². The molecule has 2 rings (SSSR count). The molecule has 0 aromatic heterocycles. The molecule has 5 nitrogen and oxygen atoms in total. The van der Waals surface area contributed by atoms with Crippen LogP contribution in [0.4, 0.5) is 0 Å². The molecule has 116 valence electrons. The molecule has 0 amide bonds. The largest absolute Gasteiger partial charge is 0.490 e. The molecule has 1 heterocycles. The number of nitrogens with zero attached hydrogens (tertiary/aromatic N) is 2. The predicted molar refractivity (Wildman–Crippen MR) is 85.0 cm³/mol. The van der Waals surface area contributed by atoms with Crippen LogP contribution in [0.25, 0.3) is 0 Å². The predicted octanol–water partition coefficient (Wildman–Crippen LogP) is 2.57. The lowest BCUT2D eigenvalue weighted by atomic mass is 10.0. The van der Waals surface area contributed by atoms with Gasteiger partial charge in [-0.2, -0.15) is 5.10 Å². The molecule has 0 radical (unpaired) electrons. The van der Waals surface area contributed by atoms with Gasteiger partial charge in [-0.3, -0.25) is 5.01 Å². The Hall–Kier alpha value is -1.75. The molecule has 0 aliphatic carbocycles. The number of ether oxygens (including phenoxy) is 2. The molecule has 1 aliphatic rings. The van der Waals surface area contributed by atoms with E-state index in [1.54, 1.807) is 0 Å². The first-order chi connectivity index (χ1) is 10.2. The van der Waals surface area contributed by atoms with Crippen LogP contribution in [0.15, 0.2) is 23.3 Å². The van der Waals surface area contributed by atoms with Crippen LogP contribution < -0.4 is 15.2 Å². The van der Waals surface area contributed by atoms with Crippen molar-refractivity contribution >= 4 is 5.71 Å². The van der Waals surface area contributed by atoms with Crippen molar-refractivity contribution in [2.45, 2.75) is 32.7 Å². The Morgan fingerprint density at radius 1 is 1.24 bits per heavy atom. The quantitative estimate of drug-likeness (QED) is 0.838. The molecule has 0 spiro atoms. The second kappa shape index (κ2) is 7.31. The molecule has 1 unspecified atom stereocenters. The van der Waals surface area contributed by atoms with Crippen molar-refractivity contribution in [3.05, 3.63) is 23.8 Å². The number of hydrogen-bond donors (Lipinski definition) is 1. The van der Waals surface area contributed by atoms with Gasteiger partial charge in [0.25, 0.3) is 0 Å². The van der Waals surface area contributed by atoms with Crippen LogP contribution in [-0.2, 0) is 0 Å². The summed E-state index contributed by atoms with van der Waals surface area (Å²) in [5.41, 5.74) is 7.98. The van der Waals surface area contributed by atoms with Crippen molar-refractivity contribution in [3.8, 4) is 11.5 Å². The topological polar surface area (TPSA) is 60.1 Å². The average Bonchev–Trinajstić information content (AvgIpc) is 2.82. The van der Waals surface area contributed by atoms with Gasteiger partial charge in [-0.1, -0.05) is 6.07 Å². The maximum absolute atomic E-state index is 5.70. The van der Waals surface area contributed by atoms with Gasteiger partial charge in [-0.05, 0) is 44.5 Å². The molecular weight excluding hydrogens is 266 g/mol. The van der Waals surface area contributed by atoms with E-state index in [0.717, 1.165) is 30.1 Å². The van der Waals surface area contributed by atoms with E-state index in [1.165, 1.54) is 5.56 Å². The van der Waals surface area contributed by atoms with Crippen molar-refractivity contribution < 1.29 is 9.47 Å². The first kappa shape index (κ1) is 15.6. The second-order valence-electron chi connectivity index (χ2n) is 5.07. The van der Waals surface area contributed by atoms with Crippen LogP contribution in [0.2, 0.25) is 0 Å². The number of hydrogen-bond acceptors (Lipinski definition) is 5. The Morgan fingerprint density at radius 3 is 2.62 bits per heavy atom. The Bertz CT molecular complexity index is 502. The van der Waals surface area contributed by atoms with Gasteiger partial charge in [-0.25, -0.2) is 0 Å². The Morgan fingerprint density at radius 2 is 1.95 bits per heavy atom. The summed E-state index contributed by atoms with van der Waals surface area (Å²) in [6, 6.07) is 6.39. The fraction of sp³-hybridized carbons (Fsp3) is 0.562. The van der Waals surface area contributed by atoms with Gasteiger partial charge in [0.2, 0.25) is 0 Å². The Labute approximate surface area is 126 Å². The summed E-state index contributed by atoms with van der Waals surface area (Å²) in [5.74, 6) is 1.60. The average molecular weight is 291 g/mol.